The molecule has 0 saturated heterocycles. The lowest BCUT2D eigenvalue weighted by atomic mass is 10.1. The van der Waals surface area contributed by atoms with Crippen LogP contribution in [0.5, 0.6) is 5.88 Å². The Morgan fingerprint density at radius 3 is 2.27 bits per heavy atom. The molecule has 0 unspecified atom stereocenters. The summed E-state index contributed by atoms with van der Waals surface area (Å²) in [6.45, 7) is 2.69. The SMILES string of the molecule is CC(C)(COc1ncccc1C(F)(F)F)Nc1nccc(C(F)(F)F)n1. The largest absolute Gasteiger partial charge is 0.475 e. The number of alkyl halides is 6. The summed E-state index contributed by atoms with van der Waals surface area (Å²) in [5.41, 5.74) is -3.27. The molecule has 142 valence electrons. The summed E-state index contributed by atoms with van der Waals surface area (Å²) < 4.78 is 81.9. The molecule has 0 aromatic carbocycles. The fraction of sp³-hybridized carbons (Fsp3) is 0.400. The van der Waals surface area contributed by atoms with Crippen molar-refractivity contribution in [1.82, 2.24) is 15.0 Å². The lowest BCUT2D eigenvalue weighted by Gasteiger charge is -2.26. The number of pyridine rings is 1. The first-order valence-corrected chi connectivity index (χ1v) is 7.22. The van der Waals surface area contributed by atoms with Gasteiger partial charge in [0.05, 0.1) is 5.54 Å². The zero-order valence-electron chi connectivity index (χ0n) is 13.6. The van der Waals surface area contributed by atoms with E-state index in [1.807, 2.05) is 0 Å². The van der Waals surface area contributed by atoms with Crippen LogP contribution in [0.15, 0.2) is 30.6 Å². The first-order valence-electron chi connectivity index (χ1n) is 7.22. The Morgan fingerprint density at radius 1 is 0.962 bits per heavy atom. The highest BCUT2D eigenvalue weighted by Crippen LogP contribution is 2.35. The highest BCUT2D eigenvalue weighted by molar-refractivity contribution is 5.31. The number of aromatic nitrogens is 3. The minimum Gasteiger partial charge on any atom is -0.475 e. The number of hydrogen-bond donors (Lipinski definition) is 1. The molecule has 0 radical (unpaired) electrons. The van der Waals surface area contributed by atoms with Crippen LogP contribution in [0.3, 0.4) is 0 Å². The maximum Gasteiger partial charge on any atom is 0.433 e. The van der Waals surface area contributed by atoms with E-state index >= 15 is 0 Å². The number of rotatable bonds is 5. The van der Waals surface area contributed by atoms with Crippen LogP contribution in [0.2, 0.25) is 0 Å². The third-order valence-electron chi connectivity index (χ3n) is 3.04. The van der Waals surface area contributed by atoms with Gasteiger partial charge in [0.25, 0.3) is 0 Å². The Hall–Kier alpha value is -2.59. The normalized spacial score (nSPS) is 12.8. The molecule has 0 saturated carbocycles. The number of nitrogens with one attached hydrogen (secondary N) is 1. The summed E-state index contributed by atoms with van der Waals surface area (Å²) in [5, 5.41) is 2.60. The van der Waals surface area contributed by atoms with Gasteiger partial charge in [0.15, 0.2) is 0 Å². The molecule has 2 heterocycles. The van der Waals surface area contributed by atoms with Crippen molar-refractivity contribution in [2.75, 3.05) is 11.9 Å². The van der Waals surface area contributed by atoms with E-state index in [1.165, 1.54) is 13.8 Å². The zero-order chi connectivity index (χ0) is 19.6. The molecule has 2 rings (SSSR count). The second-order valence-electron chi connectivity index (χ2n) is 5.91. The summed E-state index contributed by atoms with van der Waals surface area (Å²) in [7, 11) is 0. The van der Waals surface area contributed by atoms with Gasteiger partial charge in [0, 0.05) is 12.4 Å². The number of hydrogen-bond acceptors (Lipinski definition) is 5. The van der Waals surface area contributed by atoms with Gasteiger partial charge in [-0.1, -0.05) is 0 Å². The Morgan fingerprint density at radius 2 is 1.65 bits per heavy atom. The molecule has 26 heavy (non-hydrogen) atoms. The van der Waals surface area contributed by atoms with Gasteiger partial charge < -0.3 is 10.1 Å². The molecule has 11 heteroatoms. The molecule has 0 aliphatic carbocycles. The van der Waals surface area contributed by atoms with E-state index in [-0.39, 0.29) is 12.6 Å². The number of nitrogens with zero attached hydrogens (tertiary/aromatic N) is 3. The first kappa shape index (κ1) is 19.7. The average molecular weight is 380 g/mol. The highest BCUT2D eigenvalue weighted by atomic mass is 19.4. The van der Waals surface area contributed by atoms with Crippen molar-refractivity contribution >= 4 is 5.95 Å². The fourth-order valence-corrected chi connectivity index (χ4v) is 1.89. The van der Waals surface area contributed by atoms with Gasteiger partial charge in [-0.2, -0.15) is 26.3 Å². The van der Waals surface area contributed by atoms with E-state index in [2.05, 4.69) is 20.3 Å². The maximum atomic E-state index is 12.9. The van der Waals surface area contributed by atoms with Gasteiger partial charge in [0.1, 0.15) is 17.9 Å². The van der Waals surface area contributed by atoms with Gasteiger partial charge in [0.2, 0.25) is 11.8 Å². The summed E-state index contributed by atoms with van der Waals surface area (Å²) in [5.74, 6) is -0.953. The molecule has 2 aromatic rings. The standard InChI is InChI=1S/C15H14F6N4O/c1-13(2,25-12-23-7-5-10(24-12)15(19,20)21)8-26-11-9(14(16,17)18)4-3-6-22-11/h3-7H,8H2,1-2H3,(H,23,24,25). The zero-order valence-corrected chi connectivity index (χ0v) is 13.6. The van der Waals surface area contributed by atoms with Crippen LogP contribution in [-0.4, -0.2) is 27.1 Å². The molecule has 0 aliphatic heterocycles. The van der Waals surface area contributed by atoms with Crippen LogP contribution >= 0.6 is 0 Å². The van der Waals surface area contributed by atoms with Gasteiger partial charge >= 0.3 is 12.4 Å². The Bertz CT molecular complexity index is 760. The second kappa shape index (κ2) is 6.96. The maximum absolute atomic E-state index is 12.9. The molecule has 0 spiro atoms. The Balaban J connectivity index is 2.11. The van der Waals surface area contributed by atoms with Crippen molar-refractivity contribution in [1.29, 1.82) is 0 Å². The molecule has 0 bridgehead atoms. The molecule has 5 nitrogen and oxygen atoms in total. The number of ether oxygens (including phenoxy) is 1. The molecule has 0 atom stereocenters. The third-order valence-corrected chi connectivity index (χ3v) is 3.04. The fourth-order valence-electron chi connectivity index (χ4n) is 1.89. The lowest BCUT2D eigenvalue weighted by Crippen LogP contribution is -2.39. The molecule has 1 N–H and O–H groups in total. The van der Waals surface area contributed by atoms with Crippen LogP contribution in [0, 0.1) is 0 Å². The monoisotopic (exact) mass is 380 g/mol. The van der Waals surface area contributed by atoms with Crippen molar-refractivity contribution in [3.8, 4) is 5.88 Å². The van der Waals surface area contributed by atoms with Crippen molar-refractivity contribution < 1.29 is 31.1 Å². The van der Waals surface area contributed by atoms with Crippen LogP contribution in [0.4, 0.5) is 32.3 Å². The topological polar surface area (TPSA) is 59.9 Å². The van der Waals surface area contributed by atoms with E-state index in [0.717, 1.165) is 24.5 Å². The summed E-state index contributed by atoms with van der Waals surface area (Å²) >= 11 is 0. The molecule has 2 aromatic heterocycles. The molecule has 0 aliphatic rings. The molecular weight excluding hydrogens is 366 g/mol. The van der Waals surface area contributed by atoms with Gasteiger partial charge in [-0.3, -0.25) is 0 Å². The number of anilines is 1. The molecule has 0 fully saturated rings. The van der Waals surface area contributed by atoms with E-state index in [9.17, 15) is 26.3 Å². The van der Waals surface area contributed by atoms with Gasteiger partial charge in [-0.05, 0) is 32.0 Å². The van der Waals surface area contributed by atoms with Crippen molar-refractivity contribution in [3.63, 3.8) is 0 Å². The van der Waals surface area contributed by atoms with Crippen molar-refractivity contribution in [3.05, 3.63) is 41.9 Å². The first-order chi connectivity index (χ1) is 11.9. The average Bonchev–Trinajstić information content (AvgIpc) is 2.51. The second-order valence-corrected chi connectivity index (χ2v) is 5.91. The van der Waals surface area contributed by atoms with Gasteiger partial charge in [-0.15, -0.1) is 0 Å². The van der Waals surface area contributed by atoms with Gasteiger partial charge in [-0.25, -0.2) is 15.0 Å². The summed E-state index contributed by atoms with van der Waals surface area (Å²) in [6.07, 6.45) is -7.22. The predicted molar refractivity (Wildman–Crippen MR) is 79.5 cm³/mol. The summed E-state index contributed by atoms with van der Waals surface area (Å²) in [4.78, 5) is 10.6. The minimum absolute atomic E-state index is 0.327. The van der Waals surface area contributed by atoms with Crippen molar-refractivity contribution in [2.24, 2.45) is 0 Å². The smallest absolute Gasteiger partial charge is 0.433 e. The Kier molecular flexibility index (Phi) is 5.28. The number of halogens is 6. The van der Waals surface area contributed by atoms with Crippen LogP contribution in [0.1, 0.15) is 25.1 Å². The van der Waals surface area contributed by atoms with Crippen LogP contribution in [-0.2, 0) is 12.4 Å². The van der Waals surface area contributed by atoms with E-state index in [1.54, 1.807) is 0 Å². The van der Waals surface area contributed by atoms with Crippen molar-refractivity contribution in [2.45, 2.75) is 31.7 Å². The van der Waals surface area contributed by atoms with E-state index < -0.39 is 35.0 Å². The highest BCUT2D eigenvalue weighted by Gasteiger charge is 2.36. The summed E-state index contributed by atoms with van der Waals surface area (Å²) in [6, 6.07) is 2.65. The van der Waals surface area contributed by atoms with E-state index in [0.29, 0.717) is 6.07 Å². The third kappa shape index (κ3) is 5.20. The predicted octanol–water partition coefficient (Wildman–Crippen LogP) is 4.18. The molecule has 0 amide bonds. The van der Waals surface area contributed by atoms with E-state index in [4.69, 9.17) is 4.74 Å². The quantitative estimate of drug-likeness (QED) is 0.789. The van der Waals surface area contributed by atoms with Crippen LogP contribution in [0.25, 0.3) is 0 Å². The lowest BCUT2D eigenvalue weighted by molar-refractivity contribution is -0.141. The Labute approximate surface area is 144 Å². The molecular formula is C15H14F6N4O. The van der Waals surface area contributed by atoms with Crippen LogP contribution < -0.4 is 10.1 Å². The minimum atomic E-state index is -4.65.